The van der Waals surface area contributed by atoms with E-state index in [4.69, 9.17) is 0 Å². The normalized spacial score (nSPS) is 27.0. The van der Waals surface area contributed by atoms with Crippen LogP contribution >= 0.6 is 0 Å². The van der Waals surface area contributed by atoms with Gasteiger partial charge in [0, 0.05) is 32.5 Å². The minimum absolute atomic E-state index is 0.208. The van der Waals surface area contributed by atoms with Crippen LogP contribution in [0.25, 0.3) is 5.57 Å². The monoisotopic (exact) mass is 356 g/mol. The number of aromatic nitrogens is 1. The predicted octanol–water partition coefficient (Wildman–Crippen LogP) is 1.61. The number of pyridine rings is 1. The van der Waals surface area contributed by atoms with Crippen LogP contribution in [0.1, 0.15) is 18.5 Å². The highest BCUT2D eigenvalue weighted by Crippen LogP contribution is 2.51. The first-order chi connectivity index (χ1) is 11.3. The molecule has 0 saturated heterocycles. The quantitative estimate of drug-likeness (QED) is 0.894. The van der Waals surface area contributed by atoms with Gasteiger partial charge in [0.25, 0.3) is 5.92 Å². The second-order valence-corrected chi connectivity index (χ2v) is 8.28. The average molecular weight is 356 g/mol. The molecule has 1 atom stereocenters. The van der Waals surface area contributed by atoms with Gasteiger partial charge in [-0.2, -0.15) is 8.42 Å². The molecule has 4 rings (SSSR count). The lowest BCUT2D eigenvalue weighted by atomic mass is 10.1. The van der Waals surface area contributed by atoms with Gasteiger partial charge in [0.15, 0.2) is 5.82 Å². The molecule has 0 radical (unpaired) electrons. The Labute approximate surface area is 139 Å². The third-order valence-electron chi connectivity index (χ3n) is 4.78. The zero-order valence-electron chi connectivity index (χ0n) is 13.2. The van der Waals surface area contributed by atoms with Crippen LogP contribution in [0.2, 0.25) is 0 Å². The molecular formula is C15H18F2N4O2S. The van der Waals surface area contributed by atoms with E-state index in [0.717, 1.165) is 39.4 Å². The van der Waals surface area contributed by atoms with Crippen molar-refractivity contribution < 1.29 is 17.2 Å². The van der Waals surface area contributed by atoms with Crippen molar-refractivity contribution in [2.75, 3.05) is 35.3 Å². The van der Waals surface area contributed by atoms with Crippen molar-refractivity contribution in [3.63, 3.8) is 0 Å². The molecule has 1 N–H and O–H groups in total. The molecule has 1 unspecified atom stereocenters. The maximum absolute atomic E-state index is 13.2. The molecule has 2 aliphatic heterocycles. The SMILES string of the molecule is CN1c2nc(C3=CCNCC3)ccc2N(CC2CC2(F)F)S1(=O)=O. The van der Waals surface area contributed by atoms with E-state index in [0.29, 0.717) is 11.5 Å². The fourth-order valence-corrected chi connectivity index (χ4v) is 4.55. The van der Waals surface area contributed by atoms with E-state index >= 15 is 0 Å². The van der Waals surface area contributed by atoms with Crippen molar-refractivity contribution in [2.45, 2.75) is 18.8 Å². The molecular weight excluding hydrogens is 338 g/mol. The summed E-state index contributed by atoms with van der Waals surface area (Å²) in [7, 11) is -2.43. The van der Waals surface area contributed by atoms with E-state index in [2.05, 4.69) is 10.3 Å². The minimum Gasteiger partial charge on any atom is -0.313 e. The second-order valence-electron chi connectivity index (χ2n) is 6.39. The van der Waals surface area contributed by atoms with Crippen molar-refractivity contribution in [1.82, 2.24) is 10.3 Å². The summed E-state index contributed by atoms with van der Waals surface area (Å²) in [6.07, 6.45) is 2.59. The highest BCUT2D eigenvalue weighted by atomic mass is 32.2. The van der Waals surface area contributed by atoms with Crippen molar-refractivity contribution >= 4 is 27.3 Å². The van der Waals surface area contributed by atoms with Crippen LogP contribution in [0.3, 0.4) is 0 Å². The number of nitrogens with one attached hydrogen (secondary N) is 1. The first-order valence-electron chi connectivity index (χ1n) is 7.86. The summed E-state index contributed by atoms with van der Waals surface area (Å²) in [5.74, 6) is -3.38. The maximum atomic E-state index is 13.2. The molecule has 0 aromatic carbocycles. The van der Waals surface area contributed by atoms with E-state index in [1.807, 2.05) is 6.08 Å². The Morgan fingerprint density at radius 2 is 2.17 bits per heavy atom. The molecule has 3 heterocycles. The summed E-state index contributed by atoms with van der Waals surface area (Å²) in [6.45, 7) is 1.40. The number of rotatable bonds is 3. The number of anilines is 2. The van der Waals surface area contributed by atoms with Gasteiger partial charge in [-0.1, -0.05) is 6.08 Å². The number of hydrogen-bond donors (Lipinski definition) is 1. The van der Waals surface area contributed by atoms with Gasteiger partial charge in [-0.3, -0.25) is 0 Å². The van der Waals surface area contributed by atoms with E-state index < -0.39 is 22.0 Å². The number of alkyl halides is 2. The lowest BCUT2D eigenvalue weighted by Gasteiger charge is -2.18. The summed E-state index contributed by atoms with van der Waals surface area (Å²) in [5, 5.41) is 3.21. The molecule has 1 saturated carbocycles. The molecule has 24 heavy (non-hydrogen) atoms. The van der Waals surface area contributed by atoms with Gasteiger partial charge in [-0.25, -0.2) is 22.4 Å². The molecule has 1 aliphatic carbocycles. The first-order valence-corrected chi connectivity index (χ1v) is 9.26. The zero-order chi connectivity index (χ0) is 17.1. The fraction of sp³-hybridized carbons (Fsp3) is 0.533. The Bertz CT molecular complexity index is 825. The zero-order valence-corrected chi connectivity index (χ0v) is 14.0. The summed E-state index contributed by atoms with van der Waals surface area (Å²) in [5.41, 5.74) is 2.17. The molecule has 0 bridgehead atoms. The summed E-state index contributed by atoms with van der Waals surface area (Å²) in [4.78, 5) is 4.49. The molecule has 0 spiro atoms. The molecule has 9 heteroatoms. The van der Waals surface area contributed by atoms with Crippen LogP contribution in [-0.2, 0) is 10.2 Å². The van der Waals surface area contributed by atoms with Crippen molar-refractivity contribution in [3.8, 4) is 0 Å². The third-order valence-corrected chi connectivity index (χ3v) is 6.55. The Morgan fingerprint density at radius 3 is 2.79 bits per heavy atom. The van der Waals surface area contributed by atoms with Gasteiger partial charge in [-0.15, -0.1) is 0 Å². The molecule has 1 aromatic rings. The van der Waals surface area contributed by atoms with Crippen LogP contribution in [0.4, 0.5) is 20.3 Å². The second kappa shape index (κ2) is 5.13. The number of nitrogens with zero attached hydrogens (tertiary/aromatic N) is 3. The molecule has 0 amide bonds. The van der Waals surface area contributed by atoms with E-state index in [1.54, 1.807) is 12.1 Å². The third kappa shape index (κ3) is 2.37. The van der Waals surface area contributed by atoms with Crippen LogP contribution in [0.15, 0.2) is 18.2 Å². The average Bonchev–Trinajstić information content (AvgIpc) is 3.13. The molecule has 3 aliphatic rings. The maximum Gasteiger partial charge on any atom is 0.327 e. The van der Waals surface area contributed by atoms with Gasteiger partial charge >= 0.3 is 10.2 Å². The highest BCUT2D eigenvalue weighted by Gasteiger charge is 2.59. The van der Waals surface area contributed by atoms with Crippen LogP contribution < -0.4 is 13.9 Å². The van der Waals surface area contributed by atoms with Crippen LogP contribution in [0, 0.1) is 5.92 Å². The van der Waals surface area contributed by atoms with Gasteiger partial charge in [-0.05, 0) is 30.7 Å². The smallest absolute Gasteiger partial charge is 0.313 e. The lowest BCUT2D eigenvalue weighted by molar-refractivity contribution is 0.101. The van der Waals surface area contributed by atoms with Gasteiger partial charge in [0.05, 0.1) is 11.4 Å². The number of fused-ring (bicyclic) bond motifs is 1. The predicted molar refractivity (Wildman–Crippen MR) is 87.4 cm³/mol. The van der Waals surface area contributed by atoms with Gasteiger partial charge in [0.1, 0.15) is 0 Å². The number of hydrogen-bond acceptors (Lipinski definition) is 4. The van der Waals surface area contributed by atoms with E-state index in [9.17, 15) is 17.2 Å². The van der Waals surface area contributed by atoms with Crippen molar-refractivity contribution in [2.24, 2.45) is 5.92 Å². The van der Waals surface area contributed by atoms with Crippen molar-refractivity contribution in [3.05, 3.63) is 23.9 Å². The van der Waals surface area contributed by atoms with Crippen LogP contribution in [-0.4, -0.2) is 46.0 Å². The van der Waals surface area contributed by atoms with Crippen LogP contribution in [0.5, 0.6) is 0 Å². The van der Waals surface area contributed by atoms with Gasteiger partial charge in [0.2, 0.25) is 0 Å². The molecule has 130 valence electrons. The highest BCUT2D eigenvalue weighted by molar-refractivity contribution is 7.94. The minimum atomic E-state index is -3.84. The topological polar surface area (TPSA) is 65.5 Å². The summed E-state index contributed by atoms with van der Waals surface area (Å²) in [6, 6.07) is 3.44. The fourth-order valence-electron chi connectivity index (χ4n) is 3.14. The van der Waals surface area contributed by atoms with E-state index in [1.165, 1.54) is 7.05 Å². The Kier molecular flexibility index (Phi) is 3.37. The first kappa shape index (κ1) is 15.8. The summed E-state index contributed by atoms with van der Waals surface area (Å²) < 4.78 is 53.7. The molecule has 6 nitrogen and oxygen atoms in total. The van der Waals surface area contributed by atoms with E-state index in [-0.39, 0.29) is 13.0 Å². The van der Waals surface area contributed by atoms with Crippen molar-refractivity contribution in [1.29, 1.82) is 0 Å². The Hall–Kier alpha value is -1.74. The Balaban J connectivity index is 1.70. The molecule has 1 aromatic heterocycles. The molecule has 1 fully saturated rings. The Morgan fingerprint density at radius 1 is 1.42 bits per heavy atom. The van der Waals surface area contributed by atoms with Gasteiger partial charge < -0.3 is 5.32 Å². The summed E-state index contributed by atoms with van der Waals surface area (Å²) >= 11 is 0. The standard InChI is InChI=1S/C15H18F2N4O2S/c1-20-14-13(3-2-12(19-14)10-4-6-18-7-5-10)21(24(20,22)23)9-11-8-15(11,16)17/h2-4,11,18H,5-9H2,1H3. The number of halogens is 2. The largest absolute Gasteiger partial charge is 0.327 e. The lowest BCUT2D eigenvalue weighted by Crippen LogP contribution is -2.37.